The molecule has 0 spiro atoms. The highest BCUT2D eigenvalue weighted by Crippen LogP contribution is 2.06. The summed E-state index contributed by atoms with van der Waals surface area (Å²) in [5.74, 6) is 0.423. The molecule has 0 unspecified atom stereocenters. The lowest BCUT2D eigenvalue weighted by Crippen LogP contribution is -2.50. The van der Waals surface area contributed by atoms with E-state index < -0.39 is 6.10 Å². The third-order valence-electron chi connectivity index (χ3n) is 4.23. The Hall–Kier alpha value is -0.850. The number of halogens is 2. The summed E-state index contributed by atoms with van der Waals surface area (Å²) >= 11 is 0. The Labute approximate surface area is 176 Å². The van der Waals surface area contributed by atoms with Crippen LogP contribution in [0.4, 0.5) is 0 Å². The fourth-order valence-corrected chi connectivity index (χ4v) is 2.60. The van der Waals surface area contributed by atoms with Gasteiger partial charge in [0.1, 0.15) is 0 Å². The molecule has 0 saturated carbocycles. The fourth-order valence-electron chi connectivity index (χ4n) is 2.60. The van der Waals surface area contributed by atoms with Crippen molar-refractivity contribution < 1.29 is 9.90 Å². The average Bonchev–Trinajstić information content (AvgIpc) is 2.60. The van der Waals surface area contributed by atoms with Crippen LogP contribution in [0.25, 0.3) is 0 Å². The van der Waals surface area contributed by atoms with Gasteiger partial charge in [-0.3, -0.25) is 4.79 Å². The molecular weight excluding hydrogens is 385 g/mol. The molecule has 1 rings (SSSR count). The first kappa shape index (κ1) is 28.4. The molecule has 1 amide bonds. The lowest BCUT2D eigenvalue weighted by atomic mass is 10.0. The minimum absolute atomic E-state index is 0. The van der Waals surface area contributed by atoms with E-state index in [0.29, 0.717) is 25.4 Å². The van der Waals surface area contributed by atoms with E-state index in [4.69, 9.17) is 5.73 Å². The van der Waals surface area contributed by atoms with Crippen molar-refractivity contribution in [1.29, 1.82) is 0 Å². The van der Waals surface area contributed by atoms with Gasteiger partial charge in [-0.1, -0.05) is 63.9 Å². The monoisotopic (exact) mass is 421 g/mol. The highest BCUT2D eigenvalue weighted by molar-refractivity contribution is 5.85. The Bertz CT molecular complexity index is 489. The van der Waals surface area contributed by atoms with E-state index in [1.165, 1.54) is 0 Å². The molecule has 0 aliphatic heterocycles. The van der Waals surface area contributed by atoms with E-state index in [9.17, 15) is 9.90 Å². The zero-order valence-electron chi connectivity index (χ0n) is 16.7. The summed E-state index contributed by atoms with van der Waals surface area (Å²) in [6.07, 6.45) is 2.69. The van der Waals surface area contributed by atoms with Gasteiger partial charge in [0.15, 0.2) is 0 Å². The van der Waals surface area contributed by atoms with Crippen LogP contribution in [0.15, 0.2) is 30.3 Å². The quantitative estimate of drug-likeness (QED) is 0.417. The second kappa shape index (κ2) is 16.1. The summed E-state index contributed by atoms with van der Waals surface area (Å²) in [5.41, 5.74) is 7.22. The number of nitrogens with two attached hydrogens (primary N) is 1. The number of carbonyl (C=O) groups excluding carboxylic acids is 1. The molecule has 1 aromatic rings. The van der Waals surface area contributed by atoms with Crippen LogP contribution >= 0.6 is 24.8 Å². The number of nitrogens with one attached hydrogen (secondary N) is 2. The number of aliphatic hydroxyl groups is 1. The van der Waals surface area contributed by atoms with Crippen LogP contribution in [0.5, 0.6) is 0 Å². The summed E-state index contributed by atoms with van der Waals surface area (Å²) in [4.78, 5) is 12.3. The maximum absolute atomic E-state index is 12.3. The largest absolute Gasteiger partial charge is 0.390 e. The molecule has 1 aromatic carbocycles. The minimum Gasteiger partial charge on any atom is -0.390 e. The number of hydrogen-bond donors (Lipinski definition) is 4. The van der Waals surface area contributed by atoms with E-state index in [1.807, 2.05) is 30.3 Å². The van der Waals surface area contributed by atoms with Crippen LogP contribution in [0.3, 0.4) is 0 Å². The van der Waals surface area contributed by atoms with Crippen molar-refractivity contribution in [2.75, 3.05) is 13.1 Å². The molecule has 5 nitrogen and oxygen atoms in total. The summed E-state index contributed by atoms with van der Waals surface area (Å²) < 4.78 is 0. The summed E-state index contributed by atoms with van der Waals surface area (Å²) in [6.45, 7) is 7.23. The Morgan fingerprint density at radius 2 is 1.78 bits per heavy atom. The van der Waals surface area contributed by atoms with Crippen LogP contribution in [-0.4, -0.2) is 42.3 Å². The molecule has 0 heterocycles. The van der Waals surface area contributed by atoms with Crippen molar-refractivity contribution in [1.82, 2.24) is 10.6 Å². The third kappa shape index (κ3) is 12.3. The van der Waals surface area contributed by atoms with Crippen LogP contribution in [0.1, 0.15) is 45.6 Å². The topological polar surface area (TPSA) is 87.4 Å². The molecule has 7 heteroatoms. The van der Waals surface area contributed by atoms with Gasteiger partial charge in [-0.05, 0) is 24.3 Å². The standard InChI is InChI=1S/C20H35N3O2.2ClH/c1-4-5-11-18(20(25)23-13-15(2)3)22-14-19(24)17(21)12-16-9-7-6-8-10-16;;/h6-10,15,17-19,22,24H,4-5,11-14,21H2,1-3H3,(H,23,25);2*1H/t17-,18-,19+;;/m0../s1. The molecule has 0 saturated heterocycles. The van der Waals surface area contributed by atoms with Crippen molar-refractivity contribution in [2.45, 2.75) is 64.6 Å². The average molecular weight is 422 g/mol. The maximum atomic E-state index is 12.3. The van der Waals surface area contributed by atoms with Gasteiger partial charge < -0.3 is 21.5 Å². The zero-order valence-corrected chi connectivity index (χ0v) is 18.3. The first-order valence-corrected chi connectivity index (χ1v) is 9.42. The van der Waals surface area contributed by atoms with Gasteiger partial charge >= 0.3 is 0 Å². The predicted molar refractivity (Wildman–Crippen MR) is 118 cm³/mol. The maximum Gasteiger partial charge on any atom is 0.237 e. The van der Waals surface area contributed by atoms with Crippen LogP contribution in [-0.2, 0) is 11.2 Å². The second-order valence-corrected chi connectivity index (χ2v) is 7.16. The molecule has 5 N–H and O–H groups in total. The van der Waals surface area contributed by atoms with Gasteiger partial charge in [0.2, 0.25) is 5.91 Å². The molecule has 0 aliphatic carbocycles. The lowest BCUT2D eigenvalue weighted by molar-refractivity contribution is -0.123. The number of benzene rings is 1. The second-order valence-electron chi connectivity index (χ2n) is 7.16. The molecule has 3 atom stereocenters. The van der Waals surface area contributed by atoms with E-state index in [2.05, 4.69) is 31.4 Å². The van der Waals surface area contributed by atoms with Gasteiger partial charge in [0.25, 0.3) is 0 Å². The Morgan fingerprint density at radius 1 is 1.15 bits per heavy atom. The molecule has 158 valence electrons. The first-order chi connectivity index (χ1) is 11.9. The van der Waals surface area contributed by atoms with Gasteiger partial charge in [-0.25, -0.2) is 0 Å². The number of hydrogen-bond acceptors (Lipinski definition) is 4. The third-order valence-corrected chi connectivity index (χ3v) is 4.23. The van der Waals surface area contributed by atoms with E-state index in [-0.39, 0.29) is 42.8 Å². The number of carbonyl (C=O) groups is 1. The minimum atomic E-state index is -0.692. The summed E-state index contributed by atoms with van der Waals surface area (Å²) in [5, 5.41) is 16.5. The number of aliphatic hydroxyl groups excluding tert-OH is 1. The first-order valence-electron chi connectivity index (χ1n) is 9.42. The number of unbranched alkanes of at least 4 members (excludes halogenated alkanes) is 1. The fraction of sp³-hybridized carbons (Fsp3) is 0.650. The Balaban J connectivity index is 0. The van der Waals surface area contributed by atoms with Crippen molar-refractivity contribution in [3.63, 3.8) is 0 Å². The molecule has 0 fully saturated rings. The Kier molecular flexibility index (Phi) is 16.9. The number of amides is 1. The van der Waals surface area contributed by atoms with Crippen molar-refractivity contribution in [2.24, 2.45) is 11.7 Å². The van der Waals surface area contributed by atoms with E-state index >= 15 is 0 Å². The zero-order chi connectivity index (χ0) is 18.7. The SMILES string of the molecule is CCCC[C@H](NC[C@@H](O)[C@@H](N)Cc1ccccc1)C(=O)NCC(C)C.Cl.Cl. The number of rotatable bonds is 12. The summed E-state index contributed by atoms with van der Waals surface area (Å²) in [7, 11) is 0. The van der Waals surface area contributed by atoms with Crippen LogP contribution in [0.2, 0.25) is 0 Å². The molecule has 0 aliphatic rings. The highest BCUT2D eigenvalue weighted by atomic mass is 35.5. The van der Waals surface area contributed by atoms with Crippen molar-refractivity contribution >= 4 is 30.7 Å². The van der Waals surface area contributed by atoms with Gasteiger partial charge in [0, 0.05) is 19.1 Å². The van der Waals surface area contributed by atoms with Gasteiger partial charge in [-0.2, -0.15) is 0 Å². The van der Waals surface area contributed by atoms with E-state index in [0.717, 1.165) is 24.8 Å². The summed E-state index contributed by atoms with van der Waals surface area (Å²) in [6, 6.07) is 9.25. The Morgan fingerprint density at radius 3 is 2.33 bits per heavy atom. The molecule has 27 heavy (non-hydrogen) atoms. The normalized spacial score (nSPS) is 13.9. The van der Waals surface area contributed by atoms with Crippen molar-refractivity contribution in [3.8, 4) is 0 Å². The predicted octanol–water partition coefficient (Wildman–Crippen LogP) is 2.68. The van der Waals surface area contributed by atoms with Gasteiger partial charge in [-0.15, -0.1) is 24.8 Å². The smallest absolute Gasteiger partial charge is 0.237 e. The molecule has 0 bridgehead atoms. The lowest BCUT2D eigenvalue weighted by Gasteiger charge is -2.24. The van der Waals surface area contributed by atoms with Crippen LogP contribution in [0, 0.1) is 5.92 Å². The van der Waals surface area contributed by atoms with Gasteiger partial charge in [0.05, 0.1) is 12.1 Å². The molecular formula is C20H37Cl2N3O2. The molecule has 0 radical (unpaired) electrons. The molecule has 0 aromatic heterocycles. The van der Waals surface area contributed by atoms with Crippen LogP contribution < -0.4 is 16.4 Å². The highest BCUT2D eigenvalue weighted by Gasteiger charge is 2.21. The van der Waals surface area contributed by atoms with E-state index in [1.54, 1.807) is 0 Å². The van der Waals surface area contributed by atoms with Crippen molar-refractivity contribution in [3.05, 3.63) is 35.9 Å².